The average Bonchev–Trinajstić information content (AvgIpc) is 3.38. The summed E-state index contributed by atoms with van der Waals surface area (Å²) in [6.07, 6.45) is 6.02. The van der Waals surface area contributed by atoms with Crippen LogP contribution in [0.5, 0.6) is 5.75 Å². The largest absolute Gasteiger partial charge is 0.508 e. The van der Waals surface area contributed by atoms with E-state index in [2.05, 4.69) is 79.4 Å². The van der Waals surface area contributed by atoms with Crippen molar-refractivity contribution in [2.24, 2.45) is 0 Å². The minimum atomic E-state index is -0.0861. The first-order valence-corrected chi connectivity index (χ1v) is 11.5. The van der Waals surface area contributed by atoms with Gasteiger partial charge in [-0.15, -0.1) is 0 Å². The molecule has 2 aromatic carbocycles. The Bertz CT molecular complexity index is 1370. The van der Waals surface area contributed by atoms with Crippen molar-refractivity contribution < 1.29 is 5.11 Å². The lowest BCUT2D eigenvalue weighted by Gasteiger charge is -2.41. The van der Waals surface area contributed by atoms with Crippen LogP contribution in [-0.2, 0) is 6.42 Å². The van der Waals surface area contributed by atoms with E-state index < -0.39 is 0 Å². The topological polar surface area (TPSA) is 89.6 Å². The van der Waals surface area contributed by atoms with Gasteiger partial charge in [0.05, 0.1) is 11.2 Å². The van der Waals surface area contributed by atoms with E-state index in [-0.39, 0.29) is 11.1 Å². The van der Waals surface area contributed by atoms with Crippen LogP contribution in [0.4, 0.5) is 0 Å². The van der Waals surface area contributed by atoms with Crippen molar-refractivity contribution in [1.29, 1.82) is 0 Å². The number of hydrogen-bond acceptors (Lipinski definition) is 4. The molecule has 0 saturated carbocycles. The smallest absolute Gasteiger partial charge is 0.159 e. The highest BCUT2D eigenvalue weighted by molar-refractivity contribution is 5.94. The molecule has 0 saturated heterocycles. The Morgan fingerprint density at radius 3 is 2.64 bits per heavy atom. The molecule has 3 heterocycles. The number of rotatable bonds is 4. The quantitative estimate of drug-likeness (QED) is 0.321. The third-order valence-corrected chi connectivity index (χ3v) is 6.30. The maximum atomic E-state index is 9.84. The van der Waals surface area contributed by atoms with Crippen LogP contribution in [0.25, 0.3) is 39.1 Å². The van der Waals surface area contributed by atoms with Gasteiger partial charge in [0.2, 0.25) is 0 Å². The summed E-state index contributed by atoms with van der Waals surface area (Å²) in [5.41, 5.74) is 7.24. The van der Waals surface area contributed by atoms with Crippen LogP contribution in [-0.4, -0.2) is 36.3 Å². The van der Waals surface area contributed by atoms with Crippen molar-refractivity contribution in [3.63, 3.8) is 0 Å². The van der Waals surface area contributed by atoms with E-state index in [9.17, 15) is 5.11 Å². The lowest BCUT2D eigenvalue weighted by molar-refractivity contribution is 0.297. The first kappa shape index (κ1) is 21.5. The van der Waals surface area contributed by atoms with E-state index in [0.717, 1.165) is 57.6 Å². The Hall–Kier alpha value is -3.38. The summed E-state index contributed by atoms with van der Waals surface area (Å²) >= 11 is 0. The van der Waals surface area contributed by atoms with Crippen LogP contribution in [0.1, 0.15) is 52.3 Å². The number of imidazole rings is 1. The van der Waals surface area contributed by atoms with Crippen molar-refractivity contribution in [3.05, 3.63) is 59.9 Å². The van der Waals surface area contributed by atoms with Gasteiger partial charge in [-0.1, -0.05) is 25.1 Å². The van der Waals surface area contributed by atoms with E-state index in [1.165, 1.54) is 5.57 Å². The zero-order chi connectivity index (χ0) is 23.4. The third-order valence-electron chi connectivity index (χ3n) is 6.30. The Morgan fingerprint density at radius 2 is 1.88 bits per heavy atom. The average molecular weight is 442 g/mol. The highest BCUT2D eigenvalue weighted by Gasteiger charge is 2.33. The molecule has 0 unspecified atom stereocenters. The highest BCUT2D eigenvalue weighted by atomic mass is 16.3. The molecule has 0 amide bonds. The van der Waals surface area contributed by atoms with Gasteiger partial charge in [-0.3, -0.25) is 5.10 Å². The summed E-state index contributed by atoms with van der Waals surface area (Å²) < 4.78 is 0. The zero-order valence-corrected chi connectivity index (χ0v) is 19.9. The molecule has 170 valence electrons. The second kappa shape index (κ2) is 7.59. The summed E-state index contributed by atoms with van der Waals surface area (Å²) in [4.78, 5) is 8.25. The molecule has 0 aliphatic carbocycles. The summed E-state index contributed by atoms with van der Waals surface area (Å²) in [5.74, 6) is 1.06. The molecule has 6 nitrogen and oxygen atoms in total. The van der Waals surface area contributed by atoms with Crippen LogP contribution >= 0.6 is 0 Å². The van der Waals surface area contributed by atoms with E-state index >= 15 is 0 Å². The molecule has 5 rings (SSSR count). The Morgan fingerprint density at radius 1 is 1.06 bits per heavy atom. The monoisotopic (exact) mass is 441 g/mol. The molecule has 0 fully saturated rings. The number of aromatic hydroxyl groups is 1. The molecule has 4 N–H and O–H groups in total. The minimum Gasteiger partial charge on any atom is -0.508 e. The predicted molar refractivity (Wildman–Crippen MR) is 134 cm³/mol. The Labute approximate surface area is 194 Å². The van der Waals surface area contributed by atoms with Gasteiger partial charge < -0.3 is 15.4 Å². The third kappa shape index (κ3) is 4.07. The van der Waals surface area contributed by atoms with Crippen molar-refractivity contribution in [3.8, 4) is 28.4 Å². The van der Waals surface area contributed by atoms with Crippen LogP contribution in [0.2, 0.25) is 0 Å². The van der Waals surface area contributed by atoms with Gasteiger partial charge in [-0.2, -0.15) is 5.10 Å². The van der Waals surface area contributed by atoms with Crippen molar-refractivity contribution in [2.45, 2.75) is 58.5 Å². The molecular formula is C27H31N5O. The van der Waals surface area contributed by atoms with Crippen LogP contribution in [0, 0.1) is 0 Å². The van der Waals surface area contributed by atoms with Crippen molar-refractivity contribution >= 4 is 16.5 Å². The van der Waals surface area contributed by atoms with E-state index in [0.29, 0.717) is 5.75 Å². The van der Waals surface area contributed by atoms with Crippen LogP contribution in [0.15, 0.2) is 48.7 Å². The minimum absolute atomic E-state index is 0.00764. The molecule has 6 heteroatoms. The number of benzene rings is 2. The van der Waals surface area contributed by atoms with Crippen LogP contribution in [0.3, 0.4) is 0 Å². The molecule has 1 aliphatic heterocycles. The summed E-state index contributed by atoms with van der Waals surface area (Å²) in [6, 6.07) is 11.9. The molecule has 33 heavy (non-hydrogen) atoms. The molecule has 0 bridgehead atoms. The molecular weight excluding hydrogens is 410 g/mol. The van der Waals surface area contributed by atoms with Gasteiger partial charge in [0.1, 0.15) is 11.4 Å². The molecule has 0 atom stereocenters. The van der Waals surface area contributed by atoms with Gasteiger partial charge in [0, 0.05) is 22.7 Å². The Kier molecular flexibility index (Phi) is 4.94. The number of nitrogens with zero attached hydrogens (tertiary/aromatic N) is 2. The normalized spacial score (nSPS) is 17.3. The summed E-state index contributed by atoms with van der Waals surface area (Å²) in [6.45, 7) is 10.9. The van der Waals surface area contributed by atoms with E-state index in [1.54, 1.807) is 6.07 Å². The fraction of sp³-hybridized carbons (Fsp3) is 0.333. The van der Waals surface area contributed by atoms with Crippen LogP contribution < -0.4 is 5.32 Å². The second-order valence-corrected chi connectivity index (χ2v) is 10.2. The van der Waals surface area contributed by atoms with Crippen molar-refractivity contribution in [2.75, 3.05) is 0 Å². The Balaban J connectivity index is 1.50. The number of aromatic nitrogens is 4. The molecule has 2 aromatic heterocycles. The first-order chi connectivity index (χ1) is 15.6. The molecule has 4 aromatic rings. The lowest BCUT2D eigenvalue weighted by Crippen LogP contribution is -2.53. The van der Waals surface area contributed by atoms with E-state index in [4.69, 9.17) is 4.98 Å². The number of aromatic amines is 2. The van der Waals surface area contributed by atoms with Gasteiger partial charge in [0.25, 0.3) is 0 Å². The predicted octanol–water partition coefficient (Wildman–Crippen LogP) is 5.82. The van der Waals surface area contributed by atoms with Crippen molar-refractivity contribution in [1.82, 2.24) is 25.5 Å². The number of aryl methyl sites for hydroxylation is 1. The maximum absolute atomic E-state index is 9.84. The number of H-pyrrole nitrogens is 2. The highest BCUT2D eigenvalue weighted by Crippen LogP contribution is 2.35. The first-order valence-electron chi connectivity index (χ1n) is 11.5. The fourth-order valence-electron chi connectivity index (χ4n) is 5.21. The molecule has 0 radical (unpaired) electrons. The lowest BCUT2D eigenvalue weighted by atomic mass is 9.83. The fourth-order valence-corrected chi connectivity index (χ4v) is 5.21. The number of fused-ring (bicyclic) bond motifs is 1. The summed E-state index contributed by atoms with van der Waals surface area (Å²) in [7, 11) is 0. The zero-order valence-electron chi connectivity index (χ0n) is 19.9. The number of phenolic OH excluding ortho intramolecular Hbond substituents is 1. The maximum Gasteiger partial charge on any atom is 0.159 e. The number of hydrogen-bond donors (Lipinski definition) is 4. The number of nitrogens with one attached hydrogen (secondary N) is 3. The van der Waals surface area contributed by atoms with Gasteiger partial charge in [0.15, 0.2) is 5.82 Å². The second-order valence-electron chi connectivity index (χ2n) is 10.2. The molecule has 0 spiro atoms. The standard InChI is InChI=1S/C27H31N5O/c1-6-16-11-19(33)8-10-20(16)17-7-9-21-22(12-17)30-31-24(21)25-28-15-23(29-25)18-13-26(2,3)32-27(4,5)14-18/h7-13,15,32-33H,6,14H2,1-5H3,(H,28,29)(H,30,31). The SMILES string of the molecule is CCc1cc(O)ccc1-c1ccc2c(-c3nc(C4=CC(C)(C)NC(C)(C)C4)c[nH]3)n[nH]c2c1. The van der Waals surface area contributed by atoms with Gasteiger partial charge in [-0.25, -0.2) is 4.98 Å². The number of phenols is 1. The van der Waals surface area contributed by atoms with Gasteiger partial charge >= 0.3 is 0 Å². The summed E-state index contributed by atoms with van der Waals surface area (Å²) in [5, 5.41) is 22.3. The molecule has 1 aliphatic rings. The van der Waals surface area contributed by atoms with E-state index in [1.807, 2.05) is 18.3 Å². The van der Waals surface area contributed by atoms with Gasteiger partial charge in [-0.05, 0) is 87.1 Å².